The molecule has 1 N–H and O–H groups in total. The minimum Gasteiger partial charge on any atom is -0.381 e. The van der Waals surface area contributed by atoms with E-state index in [-0.39, 0.29) is 13.2 Å². The molecular formula is C10H14FNO3. The number of aromatic nitrogens is 1. The van der Waals surface area contributed by atoms with Gasteiger partial charge in [-0.05, 0) is 17.7 Å². The number of halogens is 1. The average Bonchev–Trinajstić information content (AvgIpc) is 2.18. The SMILES string of the molecule is COCC(O)(COC)c1ccnc(F)c1. The molecule has 1 heterocycles. The van der Waals surface area contributed by atoms with Crippen molar-refractivity contribution in [1.29, 1.82) is 0 Å². The summed E-state index contributed by atoms with van der Waals surface area (Å²) in [5, 5.41) is 10.2. The van der Waals surface area contributed by atoms with Crippen LogP contribution in [0.25, 0.3) is 0 Å². The number of ether oxygens (including phenoxy) is 2. The minimum absolute atomic E-state index is 0.0320. The van der Waals surface area contributed by atoms with E-state index in [0.29, 0.717) is 5.56 Å². The largest absolute Gasteiger partial charge is 0.381 e. The first kappa shape index (κ1) is 12.0. The minimum atomic E-state index is -1.34. The lowest BCUT2D eigenvalue weighted by molar-refractivity contribution is -0.0825. The van der Waals surface area contributed by atoms with E-state index in [1.54, 1.807) is 0 Å². The van der Waals surface area contributed by atoms with E-state index in [4.69, 9.17) is 9.47 Å². The van der Waals surface area contributed by atoms with Crippen molar-refractivity contribution < 1.29 is 19.0 Å². The number of hydrogen-bond donors (Lipinski definition) is 1. The monoisotopic (exact) mass is 215 g/mol. The molecule has 0 saturated carbocycles. The average molecular weight is 215 g/mol. The lowest BCUT2D eigenvalue weighted by Gasteiger charge is -2.26. The first-order valence-electron chi connectivity index (χ1n) is 4.44. The van der Waals surface area contributed by atoms with Gasteiger partial charge in [0.1, 0.15) is 5.60 Å². The van der Waals surface area contributed by atoms with Crippen molar-refractivity contribution in [1.82, 2.24) is 4.98 Å². The van der Waals surface area contributed by atoms with Crippen molar-refractivity contribution in [3.8, 4) is 0 Å². The molecule has 1 aromatic heterocycles. The Morgan fingerprint density at radius 2 is 2.00 bits per heavy atom. The second-order valence-electron chi connectivity index (χ2n) is 3.26. The molecule has 1 aromatic rings. The number of methoxy groups -OCH3 is 2. The second-order valence-corrected chi connectivity index (χ2v) is 3.26. The lowest BCUT2D eigenvalue weighted by Crippen LogP contribution is -2.36. The Kier molecular flexibility index (Phi) is 4.14. The summed E-state index contributed by atoms with van der Waals surface area (Å²) >= 11 is 0. The number of pyridine rings is 1. The fraction of sp³-hybridized carbons (Fsp3) is 0.500. The molecule has 0 spiro atoms. The van der Waals surface area contributed by atoms with Crippen molar-refractivity contribution in [2.45, 2.75) is 5.60 Å². The Hall–Kier alpha value is -1.04. The summed E-state index contributed by atoms with van der Waals surface area (Å²) in [5.74, 6) is -0.641. The van der Waals surface area contributed by atoms with Crippen LogP contribution in [0.1, 0.15) is 5.56 Å². The first-order chi connectivity index (χ1) is 7.12. The molecule has 0 radical (unpaired) electrons. The van der Waals surface area contributed by atoms with Gasteiger partial charge in [0, 0.05) is 20.4 Å². The summed E-state index contributed by atoms with van der Waals surface area (Å²) in [4.78, 5) is 3.41. The van der Waals surface area contributed by atoms with Gasteiger partial charge in [0.15, 0.2) is 0 Å². The van der Waals surface area contributed by atoms with Gasteiger partial charge in [-0.15, -0.1) is 0 Å². The quantitative estimate of drug-likeness (QED) is 0.735. The molecule has 0 atom stereocenters. The van der Waals surface area contributed by atoms with Crippen molar-refractivity contribution >= 4 is 0 Å². The van der Waals surface area contributed by atoms with Crippen LogP contribution in [-0.2, 0) is 15.1 Å². The molecule has 0 aliphatic carbocycles. The topological polar surface area (TPSA) is 51.6 Å². The Morgan fingerprint density at radius 1 is 1.40 bits per heavy atom. The maximum Gasteiger partial charge on any atom is 0.213 e. The van der Waals surface area contributed by atoms with E-state index in [0.717, 1.165) is 6.07 Å². The van der Waals surface area contributed by atoms with E-state index in [2.05, 4.69) is 4.98 Å². The Labute approximate surface area is 87.7 Å². The van der Waals surface area contributed by atoms with E-state index >= 15 is 0 Å². The van der Waals surface area contributed by atoms with Crippen LogP contribution in [0.15, 0.2) is 18.3 Å². The molecule has 1 rings (SSSR count). The third-order valence-electron chi connectivity index (χ3n) is 2.03. The molecule has 0 amide bonds. The molecule has 4 nitrogen and oxygen atoms in total. The second kappa shape index (κ2) is 5.16. The summed E-state index contributed by atoms with van der Waals surface area (Å²) in [6.45, 7) is 0.0641. The molecule has 0 saturated heterocycles. The van der Waals surface area contributed by atoms with Crippen molar-refractivity contribution in [2.75, 3.05) is 27.4 Å². The van der Waals surface area contributed by atoms with Gasteiger partial charge in [-0.25, -0.2) is 4.98 Å². The zero-order valence-electron chi connectivity index (χ0n) is 8.74. The van der Waals surface area contributed by atoms with Crippen LogP contribution in [0.4, 0.5) is 4.39 Å². The van der Waals surface area contributed by atoms with Gasteiger partial charge in [-0.2, -0.15) is 4.39 Å². The molecule has 0 unspecified atom stereocenters. The highest BCUT2D eigenvalue weighted by molar-refractivity contribution is 5.20. The number of hydrogen-bond acceptors (Lipinski definition) is 4. The first-order valence-corrected chi connectivity index (χ1v) is 4.44. The van der Waals surface area contributed by atoms with Gasteiger partial charge >= 0.3 is 0 Å². The molecule has 0 aliphatic heterocycles. The van der Waals surface area contributed by atoms with Crippen LogP contribution in [0.5, 0.6) is 0 Å². The third kappa shape index (κ3) is 2.95. The highest BCUT2D eigenvalue weighted by Crippen LogP contribution is 2.21. The molecule has 0 bridgehead atoms. The van der Waals surface area contributed by atoms with E-state index < -0.39 is 11.5 Å². The Bertz CT molecular complexity index is 313. The van der Waals surface area contributed by atoms with E-state index in [1.165, 1.54) is 26.5 Å². The van der Waals surface area contributed by atoms with Gasteiger partial charge in [0.05, 0.1) is 13.2 Å². The van der Waals surface area contributed by atoms with E-state index in [1.807, 2.05) is 0 Å². The van der Waals surface area contributed by atoms with Gasteiger partial charge in [0.25, 0.3) is 0 Å². The molecule has 0 aromatic carbocycles. The number of aliphatic hydroxyl groups is 1. The third-order valence-corrected chi connectivity index (χ3v) is 2.03. The molecule has 15 heavy (non-hydrogen) atoms. The Balaban J connectivity index is 2.97. The maximum absolute atomic E-state index is 12.9. The normalized spacial score (nSPS) is 11.7. The van der Waals surface area contributed by atoms with Gasteiger partial charge < -0.3 is 14.6 Å². The predicted molar refractivity (Wildman–Crippen MR) is 51.8 cm³/mol. The summed E-state index contributed by atoms with van der Waals surface area (Å²) in [6, 6.07) is 2.69. The highest BCUT2D eigenvalue weighted by atomic mass is 19.1. The molecule has 84 valence electrons. The van der Waals surface area contributed by atoms with E-state index in [9.17, 15) is 9.50 Å². The van der Waals surface area contributed by atoms with Gasteiger partial charge in [-0.3, -0.25) is 0 Å². The highest BCUT2D eigenvalue weighted by Gasteiger charge is 2.29. The van der Waals surface area contributed by atoms with Crippen molar-refractivity contribution in [2.24, 2.45) is 0 Å². The fourth-order valence-corrected chi connectivity index (χ4v) is 1.38. The van der Waals surface area contributed by atoms with Gasteiger partial charge in [0.2, 0.25) is 5.95 Å². The summed E-state index contributed by atoms with van der Waals surface area (Å²) in [7, 11) is 2.91. The summed E-state index contributed by atoms with van der Waals surface area (Å²) in [5.41, 5.74) is -0.952. The Morgan fingerprint density at radius 3 is 2.47 bits per heavy atom. The smallest absolute Gasteiger partial charge is 0.213 e. The van der Waals surface area contributed by atoms with Crippen LogP contribution in [0.3, 0.4) is 0 Å². The van der Waals surface area contributed by atoms with Crippen molar-refractivity contribution in [3.05, 3.63) is 29.8 Å². The number of rotatable bonds is 5. The fourth-order valence-electron chi connectivity index (χ4n) is 1.38. The van der Waals surface area contributed by atoms with Gasteiger partial charge in [-0.1, -0.05) is 0 Å². The predicted octanol–water partition coefficient (Wildman–Crippen LogP) is 0.701. The molecule has 0 aliphatic rings. The zero-order chi connectivity index (χ0) is 11.3. The van der Waals surface area contributed by atoms with Crippen molar-refractivity contribution in [3.63, 3.8) is 0 Å². The molecule has 5 heteroatoms. The standard InChI is InChI=1S/C10H14FNO3/c1-14-6-10(13,7-15-2)8-3-4-12-9(11)5-8/h3-5,13H,6-7H2,1-2H3. The lowest BCUT2D eigenvalue weighted by atomic mass is 9.97. The van der Waals surface area contributed by atoms with Crippen LogP contribution in [0.2, 0.25) is 0 Å². The summed E-state index contributed by atoms with van der Waals surface area (Å²) < 4.78 is 22.6. The summed E-state index contributed by atoms with van der Waals surface area (Å²) in [6.07, 6.45) is 1.29. The van der Waals surface area contributed by atoms with Crippen LogP contribution < -0.4 is 0 Å². The van der Waals surface area contributed by atoms with Crippen LogP contribution in [-0.4, -0.2) is 37.5 Å². The number of nitrogens with zero attached hydrogens (tertiary/aromatic N) is 1. The van der Waals surface area contributed by atoms with Crippen LogP contribution in [0, 0.1) is 5.95 Å². The maximum atomic E-state index is 12.9. The molecular weight excluding hydrogens is 201 g/mol. The zero-order valence-corrected chi connectivity index (χ0v) is 8.74. The molecule has 0 fully saturated rings. The van der Waals surface area contributed by atoms with Crippen LogP contribution >= 0.6 is 0 Å².